The lowest BCUT2D eigenvalue weighted by molar-refractivity contribution is -0.137. The molecule has 0 aliphatic rings. The molecule has 0 unspecified atom stereocenters. The SMILES string of the molecule is CCOC(=O)c1ccc(OC)c(/C=C/c2ccc(C(F)(F)F)cc2)c1. The van der Waals surface area contributed by atoms with Crippen LogP contribution in [0.15, 0.2) is 42.5 Å². The number of ether oxygens (including phenoxy) is 2. The first-order chi connectivity index (χ1) is 11.8. The van der Waals surface area contributed by atoms with E-state index < -0.39 is 17.7 Å². The molecule has 6 heteroatoms. The second-order valence-electron chi connectivity index (χ2n) is 5.13. The van der Waals surface area contributed by atoms with Crippen LogP contribution >= 0.6 is 0 Å². The molecule has 0 aliphatic heterocycles. The number of esters is 1. The summed E-state index contributed by atoms with van der Waals surface area (Å²) in [6.07, 6.45) is -1.05. The molecule has 132 valence electrons. The first-order valence-corrected chi connectivity index (χ1v) is 7.55. The average Bonchev–Trinajstić information content (AvgIpc) is 2.59. The van der Waals surface area contributed by atoms with Crippen LogP contribution in [-0.4, -0.2) is 19.7 Å². The van der Waals surface area contributed by atoms with Crippen molar-refractivity contribution in [1.29, 1.82) is 0 Å². The molecular weight excluding hydrogens is 333 g/mol. The van der Waals surface area contributed by atoms with Gasteiger partial charge in [0, 0.05) is 5.56 Å². The van der Waals surface area contributed by atoms with Gasteiger partial charge in [-0.25, -0.2) is 4.79 Å². The van der Waals surface area contributed by atoms with E-state index in [0.717, 1.165) is 12.1 Å². The first kappa shape index (κ1) is 18.6. The Morgan fingerprint density at radius 3 is 2.32 bits per heavy atom. The van der Waals surface area contributed by atoms with Crippen LogP contribution in [0, 0.1) is 0 Å². The summed E-state index contributed by atoms with van der Waals surface area (Å²) < 4.78 is 47.9. The third-order valence-electron chi connectivity index (χ3n) is 3.43. The summed E-state index contributed by atoms with van der Waals surface area (Å²) in [6.45, 7) is 1.98. The molecule has 3 nitrogen and oxygen atoms in total. The lowest BCUT2D eigenvalue weighted by Gasteiger charge is -2.08. The molecule has 0 N–H and O–H groups in total. The van der Waals surface area contributed by atoms with Crippen molar-refractivity contribution in [3.63, 3.8) is 0 Å². The number of carbonyl (C=O) groups excluding carboxylic acids is 1. The highest BCUT2D eigenvalue weighted by Gasteiger charge is 2.29. The molecule has 0 saturated carbocycles. The lowest BCUT2D eigenvalue weighted by atomic mass is 10.1. The first-order valence-electron chi connectivity index (χ1n) is 7.55. The Kier molecular flexibility index (Phi) is 5.85. The molecule has 0 fully saturated rings. The topological polar surface area (TPSA) is 35.5 Å². The van der Waals surface area contributed by atoms with E-state index in [9.17, 15) is 18.0 Å². The van der Waals surface area contributed by atoms with E-state index >= 15 is 0 Å². The van der Waals surface area contributed by atoms with E-state index in [2.05, 4.69) is 0 Å². The number of methoxy groups -OCH3 is 1. The standard InChI is InChI=1S/C19H17F3O3/c1-3-25-18(23)15-8-11-17(24-2)14(12-15)7-4-13-5-9-16(10-6-13)19(20,21)22/h4-12H,3H2,1-2H3/b7-4+. The fraction of sp³-hybridized carbons (Fsp3) is 0.211. The highest BCUT2D eigenvalue weighted by Crippen LogP contribution is 2.29. The van der Waals surface area contributed by atoms with Gasteiger partial charge in [0.25, 0.3) is 0 Å². The van der Waals surface area contributed by atoms with Gasteiger partial charge in [0.15, 0.2) is 0 Å². The molecule has 0 aromatic heterocycles. The van der Waals surface area contributed by atoms with Gasteiger partial charge in [-0.1, -0.05) is 24.3 Å². The zero-order chi connectivity index (χ0) is 18.4. The summed E-state index contributed by atoms with van der Waals surface area (Å²) in [5.41, 5.74) is 0.880. The van der Waals surface area contributed by atoms with Gasteiger partial charge >= 0.3 is 12.1 Å². The van der Waals surface area contributed by atoms with Crippen LogP contribution in [0.2, 0.25) is 0 Å². The van der Waals surface area contributed by atoms with Gasteiger partial charge in [0.1, 0.15) is 5.75 Å². The number of benzene rings is 2. The lowest BCUT2D eigenvalue weighted by Crippen LogP contribution is -2.05. The minimum Gasteiger partial charge on any atom is -0.496 e. The molecule has 0 atom stereocenters. The molecule has 0 spiro atoms. The van der Waals surface area contributed by atoms with E-state index in [0.29, 0.717) is 22.4 Å². The number of alkyl halides is 3. The summed E-state index contributed by atoms with van der Waals surface area (Å²) in [5.74, 6) is 0.0885. The fourth-order valence-electron chi connectivity index (χ4n) is 2.18. The van der Waals surface area contributed by atoms with Gasteiger partial charge < -0.3 is 9.47 Å². The van der Waals surface area contributed by atoms with Crippen LogP contribution in [0.25, 0.3) is 12.2 Å². The van der Waals surface area contributed by atoms with Crippen LogP contribution in [0.5, 0.6) is 5.75 Å². The van der Waals surface area contributed by atoms with E-state index in [1.54, 1.807) is 37.3 Å². The number of hydrogen-bond acceptors (Lipinski definition) is 3. The second kappa shape index (κ2) is 7.88. The monoisotopic (exact) mass is 350 g/mol. The maximum absolute atomic E-state index is 12.6. The average molecular weight is 350 g/mol. The van der Waals surface area contributed by atoms with Crippen LogP contribution < -0.4 is 4.74 Å². The van der Waals surface area contributed by atoms with Crippen molar-refractivity contribution in [1.82, 2.24) is 0 Å². The van der Waals surface area contributed by atoms with Crippen molar-refractivity contribution >= 4 is 18.1 Å². The fourth-order valence-corrected chi connectivity index (χ4v) is 2.18. The van der Waals surface area contributed by atoms with Gasteiger partial charge in [0.05, 0.1) is 24.8 Å². The molecule has 0 radical (unpaired) electrons. The van der Waals surface area contributed by atoms with Crippen LogP contribution in [-0.2, 0) is 10.9 Å². The third-order valence-corrected chi connectivity index (χ3v) is 3.43. The highest BCUT2D eigenvalue weighted by atomic mass is 19.4. The van der Waals surface area contributed by atoms with Gasteiger partial charge in [-0.05, 0) is 42.8 Å². The maximum atomic E-state index is 12.6. The summed E-state index contributed by atoms with van der Waals surface area (Å²) in [4.78, 5) is 11.8. The van der Waals surface area contributed by atoms with Gasteiger partial charge in [-0.15, -0.1) is 0 Å². The van der Waals surface area contributed by atoms with Crippen LogP contribution in [0.4, 0.5) is 13.2 Å². The van der Waals surface area contributed by atoms with Crippen molar-refractivity contribution in [2.75, 3.05) is 13.7 Å². The summed E-state index contributed by atoms with van der Waals surface area (Å²) in [6, 6.07) is 9.63. The quantitative estimate of drug-likeness (QED) is 0.558. The smallest absolute Gasteiger partial charge is 0.416 e. The van der Waals surface area contributed by atoms with Crippen molar-refractivity contribution in [2.45, 2.75) is 13.1 Å². The third kappa shape index (κ3) is 4.86. The Morgan fingerprint density at radius 1 is 1.08 bits per heavy atom. The summed E-state index contributed by atoms with van der Waals surface area (Å²) in [5, 5.41) is 0. The van der Waals surface area contributed by atoms with Crippen LogP contribution in [0.3, 0.4) is 0 Å². The molecule has 0 aliphatic carbocycles. The minimum absolute atomic E-state index is 0.265. The Hall–Kier alpha value is -2.76. The van der Waals surface area contributed by atoms with Gasteiger partial charge in [-0.3, -0.25) is 0 Å². The molecule has 25 heavy (non-hydrogen) atoms. The van der Waals surface area contributed by atoms with Crippen molar-refractivity contribution in [3.8, 4) is 5.75 Å². The zero-order valence-corrected chi connectivity index (χ0v) is 13.8. The van der Waals surface area contributed by atoms with Crippen molar-refractivity contribution in [3.05, 3.63) is 64.7 Å². The predicted octanol–water partition coefficient (Wildman–Crippen LogP) is 5.06. The predicted molar refractivity (Wildman–Crippen MR) is 89.3 cm³/mol. The molecular formula is C19H17F3O3. The normalized spacial score (nSPS) is 11.6. The van der Waals surface area contributed by atoms with Gasteiger partial charge in [0.2, 0.25) is 0 Å². The molecule has 2 rings (SSSR count). The Labute approximate surface area is 143 Å². The van der Waals surface area contributed by atoms with Gasteiger partial charge in [-0.2, -0.15) is 13.2 Å². The Bertz CT molecular complexity index is 762. The van der Waals surface area contributed by atoms with Crippen LogP contribution in [0.1, 0.15) is 34.0 Å². The maximum Gasteiger partial charge on any atom is 0.416 e. The minimum atomic E-state index is -4.36. The Balaban J connectivity index is 2.27. The highest BCUT2D eigenvalue weighted by molar-refractivity contribution is 5.91. The number of rotatable bonds is 5. The number of hydrogen-bond donors (Lipinski definition) is 0. The van der Waals surface area contributed by atoms with Crippen molar-refractivity contribution in [2.24, 2.45) is 0 Å². The summed E-state index contributed by atoms with van der Waals surface area (Å²) in [7, 11) is 1.49. The second-order valence-corrected chi connectivity index (χ2v) is 5.13. The molecule has 2 aromatic carbocycles. The zero-order valence-electron chi connectivity index (χ0n) is 13.8. The molecule has 0 heterocycles. The number of halogens is 3. The Morgan fingerprint density at radius 2 is 1.76 bits per heavy atom. The molecule has 0 saturated heterocycles. The van der Waals surface area contributed by atoms with E-state index in [1.165, 1.54) is 19.2 Å². The van der Waals surface area contributed by atoms with E-state index in [1.807, 2.05) is 0 Å². The summed E-state index contributed by atoms with van der Waals surface area (Å²) >= 11 is 0. The molecule has 0 bridgehead atoms. The molecule has 2 aromatic rings. The molecule has 0 amide bonds. The van der Waals surface area contributed by atoms with E-state index in [-0.39, 0.29) is 6.61 Å². The number of carbonyl (C=O) groups is 1. The van der Waals surface area contributed by atoms with Crippen molar-refractivity contribution < 1.29 is 27.4 Å². The largest absolute Gasteiger partial charge is 0.496 e. The van der Waals surface area contributed by atoms with E-state index in [4.69, 9.17) is 9.47 Å².